The van der Waals surface area contributed by atoms with Crippen molar-refractivity contribution in [1.82, 2.24) is 17.9 Å². The van der Waals surface area contributed by atoms with Crippen LogP contribution in [0.4, 0.5) is 0 Å². The third-order valence-electron chi connectivity index (χ3n) is 23.9. The Hall–Kier alpha value is -15.2. The molecule has 8 heteroatoms. The zero-order valence-electron chi connectivity index (χ0n) is 58.7. The van der Waals surface area contributed by atoms with Gasteiger partial charge in [-0.1, -0.05) is 158 Å². The normalized spacial score (nSPS) is 12.3. The van der Waals surface area contributed by atoms with Gasteiger partial charge in [-0.05, 0) is 235 Å². The number of rotatable bonds is 4. The predicted molar refractivity (Wildman–Crippen MR) is 456 cm³/mol. The van der Waals surface area contributed by atoms with E-state index in [1.54, 1.807) is 0 Å². The van der Waals surface area contributed by atoms with Crippen LogP contribution in [-0.4, -0.2) is 17.9 Å². The molecule has 0 unspecified atom stereocenters. The Morgan fingerprint density at radius 3 is 0.845 bits per heavy atom. The van der Waals surface area contributed by atoms with Crippen LogP contribution in [-0.2, 0) is 0 Å². The minimum absolute atomic E-state index is 0.671. The molecule has 0 atom stereocenters. The lowest BCUT2D eigenvalue weighted by atomic mass is 9.97. The second-order valence-electron chi connectivity index (χ2n) is 29.8. The molecule has 0 aliphatic rings. The summed E-state index contributed by atoms with van der Waals surface area (Å²) >= 11 is 0. The van der Waals surface area contributed by atoms with Crippen molar-refractivity contribution in [3.05, 3.63) is 339 Å². The van der Waals surface area contributed by atoms with E-state index < -0.39 is 0 Å². The Morgan fingerprint density at radius 1 is 0.200 bits per heavy atom. The summed E-state index contributed by atoms with van der Waals surface area (Å²) in [6, 6.07) is 123. The van der Waals surface area contributed by atoms with Crippen LogP contribution in [0.25, 0.3) is 240 Å². The van der Waals surface area contributed by atoms with Crippen molar-refractivity contribution in [2.45, 2.75) is 0 Å². The maximum Gasteiger partial charge on any atom is 0.135 e. The van der Waals surface area contributed by atoms with Gasteiger partial charge in [0.05, 0.1) is 78.4 Å². The van der Waals surface area contributed by atoms with Crippen LogP contribution in [0.15, 0.2) is 336 Å². The van der Waals surface area contributed by atoms with E-state index in [2.05, 4.69) is 333 Å². The van der Waals surface area contributed by atoms with E-state index in [1.807, 2.05) is 24.3 Å². The van der Waals surface area contributed by atoms with Crippen LogP contribution in [0, 0.1) is 22.7 Å². The van der Waals surface area contributed by atoms with Crippen LogP contribution in [0.2, 0.25) is 0 Å². The number of aromatic nitrogens is 4. The lowest BCUT2D eigenvalue weighted by Gasteiger charge is -2.10. The van der Waals surface area contributed by atoms with Gasteiger partial charge in [-0.25, -0.2) is 0 Å². The SMILES string of the molecule is N#Cc1cc2c3cc4ccc(-c5ccc6oc7ccccc7c6c5)cc4cc3n3c4cc5cc(-c6ccc7oc8ccccc8c7c6)ccc5cc4c(c1)c23.N#Cc1cc2c3cc4ccc(-n5c6ccccc6c6ccccc65)cc4cc3n3c4cc5cc(-n6c7ccccc7c7ccccc76)ccc5cc4c(c1)c23. The first kappa shape index (κ1) is 59.1. The maximum atomic E-state index is 10.2. The highest BCUT2D eigenvalue weighted by Gasteiger charge is 2.25. The summed E-state index contributed by atoms with van der Waals surface area (Å²) in [6.45, 7) is 0. The Balaban J connectivity index is 0.000000126. The fourth-order valence-electron chi connectivity index (χ4n) is 19.0. The number of hydrogen-bond acceptors (Lipinski definition) is 4. The quantitative estimate of drug-likeness (QED) is 0.175. The van der Waals surface area contributed by atoms with Gasteiger partial charge in [-0.15, -0.1) is 0 Å². The van der Waals surface area contributed by atoms with Crippen molar-refractivity contribution in [2.24, 2.45) is 0 Å². The molecule has 0 N–H and O–H groups in total. The van der Waals surface area contributed by atoms with Gasteiger partial charge < -0.3 is 26.8 Å². The van der Waals surface area contributed by atoms with Crippen molar-refractivity contribution >= 4 is 207 Å². The van der Waals surface area contributed by atoms with Gasteiger partial charge in [0.15, 0.2) is 0 Å². The summed E-state index contributed by atoms with van der Waals surface area (Å²) in [4.78, 5) is 0. The highest BCUT2D eigenvalue weighted by molar-refractivity contribution is 6.29. The molecule has 18 aromatic carbocycles. The smallest absolute Gasteiger partial charge is 0.135 e. The van der Waals surface area contributed by atoms with E-state index in [0.717, 1.165) is 148 Å². The molecule has 8 heterocycles. The fourth-order valence-corrected chi connectivity index (χ4v) is 19.0. The molecule has 0 spiro atoms. The van der Waals surface area contributed by atoms with Crippen molar-refractivity contribution in [1.29, 1.82) is 10.5 Å². The molecule has 0 amide bonds. The Kier molecular flexibility index (Phi) is 11.7. The lowest BCUT2D eigenvalue weighted by molar-refractivity contribution is 0.668. The summed E-state index contributed by atoms with van der Waals surface area (Å²) in [7, 11) is 0. The summed E-state index contributed by atoms with van der Waals surface area (Å²) in [5.41, 5.74) is 23.5. The zero-order valence-corrected chi connectivity index (χ0v) is 58.7. The van der Waals surface area contributed by atoms with E-state index >= 15 is 0 Å². The first-order chi connectivity index (χ1) is 54.4. The molecule has 8 aromatic heterocycles. The zero-order chi connectivity index (χ0) is 71.9. The van der Waals surface area contributed by atoms with Crippen molar-refractivity contribution < 1.29 is 8.83 Å². The predicted octanol–water partition coefficient (Wildman–Crippen LogP) is 27.4. The first-order valence-corrected chi connectivity index (χ1v) is 37.3. The standard InChI is InChI=1S/C51H28N4.C51H26N2O2/c52-29-30-21-43-41-25-31-17-19-35(53-45-13-5-1-9-37(45)38-10-2-6-14-46(38)53)23-33(31)27-49(41)55-50-28-34-24-36(20-18-32(34)26-42(50)44(22-30)51(43)55)54-47-15-7-3-11-39(47)40-12-4-8-16-48(40)54;52-27-28-17-43-39-21-33-11-9-29(31-13-15-49-41(23-31)37-5-1-3-7-47(37)54-49)19-35(33)25-45(39)53-46-26-36-20-30(10-12-34(36)22-40(46)44(18-28)51(43)53)32-14-16-50-42(24-32)38-6-2-4-8-48(38)55-50/h1-28H;1-26H. The van der Waals surface area contributed by atoms with E-state index in [4.69, 9.17) is 8.83 Å². The topological polar surface area (TPSA) is 92.5 Å². The van der Waals surface area contributed by atoms with Crippen LogP contribution < -0.4 is 0 Å². The van der Waals surface area contributed by atoms with E-state index in [-0.39, 0.29) is 0 Å². The molecule has 110 heavy (non-hydrogen) atoms. The molecular formula is C102H54N6O2. The van der Waals surface area contributed by atoms with Crippen LogP contribution in [0.1, 0.15) is 11.1 Å². The number of hydrogen-bond donors (Lipinski definition) is 0. The molecule has 0 aliphatic heterocycles. The number of benzene rings is 18. The molecule has 0 bridgehead atoms. The molecular weight excluding hydrogens is 1340 g/mol. The van der Waals surface area contributed by atoms with Gasteiger partial charge in [0.1, 0.15) is 22.3 Å². The van der Waals surface area contributed by atoms with E-state index in [1.165, 1.54) is 92.2 Å². The molecule has 26 aromatic rings. The summed E-state index contributed by atoms with van der Waals surface area (Å²) in [5, 5.41) is 48.4. The van der Waals surface area contributed by atoms with E-state index in [9.17, 15) is 10.5 Å². The molecule has 0 radical (unpaired) electrons. The van der Waals surface area contributed by atoms with Crippen molar-refractivity contribution in [2.75, 3.05) is 0 Å². The molecule has 8 nitrogen and oxygen atoms in total. The highest BCUT2D eigenvalue weighted by atomic mass is 16.3. The van der Waals surface area contributed by atoms with Crippen LogP contribution in [0.5, 0.6) is 0 Å². The number of furan rings is 2. The monoisotopic (exact) mass is 1390 g/mol. The Bertz CT molecular complexity index is 8130. The number of nitriles is 2. The van der Waals surface area contributed by atoms with Crippen LogP contribution >= 0.6 is 0 Å². The number of nitrogens with zero attached hydrogens (tertiary/aromatic N) is 6. The highest BCUT2D eigenvalue weighted by Crippen LogP contribution is 2.47. The second kappa shape index (κ2) is 21.7. The number of fused-ring (bicyclic) bond motifs is 28. The third kappa shape index (κ3) is 8.20. The molecule has 26 rings (SSSR count). The van der Waals surface area contributed by atoms with Crippen molar-refractivity contribution in [3.8, 4) is 45.8 Å². The van der Waals surface area contributed by atoms with Crippen molar-refractivity contribution in [3.63, 3.8) is 0 Å². The van der Waals surface area contributed by atoms with Gasteiger partial charge in [0.2, 0.25) is 0 Å². The van der Waals surface area contributed by atoms with Gasteiger partial charge in [0, 0.05) is 97.6 Å². The Morgan fingerprint density at radius 2 is 0.491 bits per heavy atom. The third-order valence-corrected chi connectivity index (χ3v) is 23.9. The van der Waals surface area contributed by atoms with Gasteiger partial charge in [0.25, 0.3) is 0 Å². The number of para-hydroxylation sites is 6. The summed E-state index contributed by atoms with van der Waals surface area (Å²) < 4.78 is 21.9. The molecule has 0 aliphatic carbocycles. The summed E-state index contributed by atoms with van der Waals surface area (Å²) in [5.74, 6) is 0. The average Bonchev–Trinajstić information content (AvgIpc) is 1.54. The van der Waals surface area contributed by atoms with Gasteiger partial charge in [-0.2, -0.15) is 10.5 Å². The summed E-state index contributed by atoms with van der Waals surface area (Å²) in [6.07, 6.45) is 0. The van der Waals surface area contributed by atoms with Crippen LogP contribution in [0.3, 0.4) is 0 Å². The van der Waals surface area contributed by atoms with Gasteiger partial charge in [-0.3, -0.25) is 0 Å². The van der Waals surface area contributed by atoms with E-state index in [0.29, 0.717) is 11.1 Å². The molecule has 0 saturated carbocycles. The molecule has 504 valence electrons. The molecule has 0 fully saturated rings. The average molecular weight is 1400 g/mol. The minimum Gasteiger partial charge on any atom is -0.456 e. The second-order valence-corrected chi connectivity index (χ2v) is 29.8. The fraction of sp³-hybridized carbons (Fsp3) is 0. The Labute approximate surface area is 624 Å². The largest absolute Gasteiger partial charge is 0.456 e. The first-order valence-electron chi connectivity index (χ1n) is 37.3. The maximum absolute atomic E-state index is 10.2. The lowest BCUT2D eigenvalue weighted by Crippen LogP contribution is -1.94. The van der Waals surface area contributed by atoms with Gasteiger partial charge >= 0.3 is 0 Å². The molecule has 0 saturated heterocycles. The minimum atomic E-state index is 0.671.